The second-order valence-corrected chi connectivity index (χ2v) is 3.46. The zero-order chi connectivity index (χ0) is 11.7. The Morgan fingerprint density at radius 3 is 2.69 bits per heavy atom. The van der Waals surface area contributed by atoms with Crippen molar-refractivity contribution in [1.82, 2.24) is 9.78 Å². The Hall–Kier alpha value is -2.17. The third-order valence-corrected chi connectivity index (χ3v) is 2.38. The lowest BCUT2D eigenvalue weighted by atomic mass is 10.1. The van der Waals surface area contributed by atoms with E-state index in [0.29, 0.717) is 17.3 Å². The van der Waals surface area contributed by atoms with Crippen LogP contribution in [-0.4, -0.2) is 22.0 Å². The van der Waals surface area contributed by atoms with Gasteiger partial charge in [0.1, 0.15) is 17.3 Å². The van der Waals surface area contributed by atoms with Gasteiger partial charge in [-0.15, -0.1) is 0 Å². The minimum atomic E-state index is 0.167. The molecule has 0 aliphatic heterocycles. The van der Waals surface area contributed by atoms with E-state index >= 15 is 0 Å². The summed E-state index contributed by atoms with van der Waals surface area (Å²) in [6.45, 7) is 0. The smallest absolute Gasteiger partial charge is 0.128 e. The van der Waals surface area contributed by atoms with Crippen molar-refractivity contribution in [2.45, 2.75) is 0 Å². The van der Waals surface area contributed by atoms with Crippen LogP contribution in [-0.2, 0) is 7.05 Å². The molecule has 5 nitrogen and oxygen atoms in total. The maximum absolute atomic E-state index is 9.45. The molecule has 3 N–H and O–H groups in total. The first kappa shape index (κ1) is 10.4. The third kappa shape index (κ3) is 1.67. The number of nitrogen functional groups attached to an aromatic ring is 1. The molecule has 0 saturated carbocycles. The summed E-state index contributed by atoms with van der Waals surface area (Å²) in [5.74, 6) is 1.37. The van der Waals surface area contributed by atoms with Gasteiger partial charge in [-0.1, -0.05) is 0 Å². The molecule has 0 unspecified atom stereocenters. The van der Waals surface area contributed by atoms with Gasteiger partial charge in [-0.2, -0.15) is 5.10 Å². The molecule has 0 aliphatic rings. The zero-order valence-corrected chi connectivity index (χ0v) is 9.14. The summed E-state index contributed by atoms with van der Waals surface area (Å²) in [7, 11) is 3.33. The monoisotopic (exact) mass is 219 g/mol. The number of benzene rings is 1. The molecule has 2 aromatic rings. The summed E-state index contributed by atoms with van der Waals surface area (Å²) in [6.07, 6.45) is 0. The lowest BCUT2D eigenvalue weighted by molar-refractivity contribution is 0.414. The number of anilines is 1. The molecule has 0 aliphatic carbocycles. The number of nitrogens with two attached hydrogens (primary N) is 1. The number of phenols is 1. The molecule has 0 saturated heterocycles. The number of aromatic hydroxyl groups is 1. The number of rotatable bonds is 2. The second-order valence-electron chi connectivity index (χ2n) is 3.46. The Morgan fingerprint density at radius 1 is 1.38 bits per heavy atom. The van der Waals surface area contributed by atoms with Gasteiger partial charge in [-0.05, 0) is 18.2 Å². The molecule has 0 radical (unpaired) electrons. The van der Waals surface area contributed by atoms with Gasteiger partial charge in [0, 0.05) is 18.7 Å². The summed E-state index contributed by atoms with van der Waals surface area (Å²) in [5.41, 5.74) is 7.10. The largest absolute Gasteiger partial charge is 0.508 e. The maximum atomic E-state index is 9.45. The highest BCUT2D eigenvalue weighted by Gasteiger charge is 2.11. The van der Waals surface area contributed by atoms with Gasteiger partial charge < -0.3 is 15.6 Å². The van der Waals surface area contributed by atoms with Crippen molar-refractivity contribution < 1.29 is 9.84 Å². The molecule has 5 heteroatoms. The van der Waals surface area contributed by atoms with Gasteiger partial charge in [-0.25, -0.2) is 0 Å². The van der Waals surface area contributed by atoms with Crippen LogP contribution in [0.1, 0.15) is 0 Å². The maximum Gasteiger partial charge on any atom is 0.128 e. The molecule has 0 atom stereocenters. The molecule has 0 amide bonds. The normalized spacial score (nSPS) is 10.4. The number of nitrogens with zero attached hydrogens (tertiary/aromatic N) is 2. The standard InChI is InChI=1S/C11H13N3O2/c1-14-11(12)6-9(13-14)8-5-7(15)3-4-10(8)16-2/h3-6,15H,12H2,1-2H3. The van der Waals surface area contributed by atoms with Crippen LogP contribution >= 0.6 is 0 Å². The Bertz CT molecular complexity index is 500. The quantitative estimate of drug-likeness (QED) is 0.800. The summed E-state index contributed by atoms with van der Waals surface area (Å²) < 4.78 is 6.77. The van der Waals surface area contributed by atoms with Crippen LogP contribution in [0.25, 0.3) is 11.3 Å². The molecule has 1 heterocycles. The van der Waals surface area contributed by atoms with Crippen molar-refractivity contribution >= 4 is 5.82 Å². The number of methoxy groups -OCH3 is 1. The summed E-state index contributed by atoms with van der Waals surface area (Å²) in [5, 5.41) is 13.7. The van der Waals surface area contributed by atoms with E-state index < -0.39 is 0 Å². The minimum Gasteiger partial charge on any atom is -0.508 e. The predicted molar refractivity (Wildman–Crippen MR) is 61.3 cm³/mol. The van der Waals surface area contributed by atoms with Crippen LogP contribution in [0.5, 0.6) is 11.5 Å². The average Bonchev–Trinajstić information content (AvgIpc) is 2.59. The van der Waals surface area contributed by atoms with Crippen molar-refractivity contribution in [3.05, 3.63) is 24.3 Å². The summed E-state index contributed by atoms with van der Waals surface area (Å²) in [6, 6.07) is 6.59. The first-order chi connectivity index (χ1) is 7.61. The van der Waals surface area contributed by atoms with Crippen LogP contribution in [0.4, 0.5) is 5.82 Å². The Kier molecular flexibility index (Phi) is 2.44. The van der Waals surface area contributed by atoms with Crippen LogP contribution in [0.15, 0.2) is 24.3 Å². The lowest BCUT2D eigenvalue weighted by Gasteiger charge is -2.06. The van der Waals surface area contributed by atoms with E-state index in [9.17, 15) is 5.11 Å². The van der Waals surface area contributed by atoms with Crippen molar-refractivity contribution in [2.24, 2.45) is 7.05 Å². The molecule has 0 spiro atoms. The highest BCUT2D eigenvalue weighted by atomic mass is 16.5. The SMILES string of the molecule is COc1ccc(O)cc1-c1cc(N)n(C)n1. The van der Waals surface area contributed by atoms with Gasteiger partial charge in [0.25, 0.3) is 0 Å². The number of aryl methyl sites for hydroxylation is 1. The molecule has 0 bridgehead atoms. The van der Waals surface area contributed by atoms with Crippen LogP contribution in [0.2, 0.25) is 0 Å². The third-order valence-electron chi connectivity index (χ3n) is 2.38. The van der Waals surface area contributed by atoms with Gasteiger partial charge in [0.05, 0.1) is 12.8 Å². The fraction of sp³-hybridized carbons (Fsp3) is 0.182. The highest BCUT2D eigenvalue weighted by Crippen LogP contribution is 2.32. The van der Waals surface area contributed by atoms with E-state index in [1.807, 2.05) is 0 Å². The number of hydrogen-bond donors (Lipinski definition) is 2. The van der Waals surface area contributed by atoms with Crippen LogP contribution < -0.4 is 10.5 Å². The van der Waals surface area contributed by atoms with Crippen molar-refractivity contribution in [1.29, 1.82) is 0 Å². The lowest BCUT2D eigenvalue weighted by Crippen LogP contribution is -1.96. The van der Waals surface area contributed by atoms with E-state index in [2.05, 4.69) is 5.10 Å². The number of phenolic OH excluding ortho intramolecular Hbond substituents is 1. The van der Waals surface area contributed by atoms with E-state index in [0.717, 1.165) is 5.56 Å². The van der Waals surface area contributed by atoms with E-state index in [-0.39, 0.29) is 5.75 Å². The average molecular weight is 219 g/mol. The van der Waals surface area contributed by atoms with E-state index in [1.165, 1.54) is 0 Å². The fourth-order valence-electron chi connectivity index (χ4n) is 1.51. The molecule has 1 aromatic carbocycles. The van der Waals surface area contributed by atoms with Gasteiger partial charge in [0.15, 0.2) is 0 Å². The molecule has 0 fully saturated rings. The van der Waals surface area contributed by atoms with E-state index in [4.69, 9.17) is 10.5 Å². The zero-order valence-electron chi connectivity index (χ0n) is 9.14. The molecule has 1 aromatic heterocycles. The summed E-state index contributed by atoms with van der Waals surface area (Å²) in [4.78, 5) is 0. The molecular weight excluding hydrogens is 206 g/mol. The predicted octanol–water partition coefficient (Wildman–Crippen LogP) is 1.38. The molecule has 2 rings (SSSR count). The highest BCUT2D eigenvalue weighted by molar-refractivity contribution is 5.70. The number of aromatic nitrogens is 2. The number of ether oxygens (including phenoxy) is 1. The first-order valence-corrected chi connectivity index (χ1v) is 4.78. The van der Waals surface area contributed by atoms with Gasteiger partial charge in [0.2, 0.25) is 0 Å². The van der Waals surface area contributed by atoms with Crippen molar-refractivity contribution in [2.75, 3.05) is 12.8 Å². The Balaban J connectivity index is 2.57. The van der Waals surface area contributed by atoms with Crippen LogP contribution in [0, 0.1) is 0 Å². The molecule has 16 heavy (non-hydrogen) atoms. The fourth-order valence-corrected chi connectivity index (χ4v) is 1.51. The Labute approximate surface area is 93.1 Å². The van der Waals surface area contributed by atoms with Gasteiger partial charge in [-0.3, -0.25) is 4.68 Å². The van der Waals surface area contributed by atoms with Crippen molar-refractivity contribution in [3.63, 3.8) is 0 Å². The first-order valence-electron chi connectivity index (χ1n) is 4.78. The molecular formula is C11H13N3O2. The minimum absolute atomic E-state index is 0.167. The Morgan fingerprint density at radius 2 is 2.12 bits per heavy atom. The second kappa shape index (κ2) is 3.77. The van der Waals surface area contributed by atoms with Gasteiger partial charge >= 0.3 is 0 Å². The van der Waals surface area contributed by atoms with Crippen molar-refractivity contribution in [3.8, 4) is 22.8 Å². The van der Waals surface area contributed by atoms with E-state index in [1.54, 1.807) is 43.1 Å². The molecule has 84 valence electrons. The van der Waals surface area contributed by atoms with Crippen LogP contribution in [0.3, 0.4) is 0 Å². The topological polar surface area (TPSA) is 73.3 Å². The summed E-state index contributed by atoms with van der Waals surface area (Å²) >= 11 is 0. The number of hydrogen-bond acceptors (Lipinski definition) is 4.